The van der Waals surface area contributed by atoms with Crippen molar-refractivity contribution in [3.05, 3.63) is 59.7 Å². The first kappa shape index (κ1) is 19.8. The van der Waals surface area contributed by atoms with Gasteiger partial charge in [-0.25, -0.2) is 13.2 Å². The Labute approximate surface area is 150 Å². The van der Waals surface area contributed by atoms with Crippen LogP contribution in [0.2, 0.25) is 0 Å². The maximum Gasteiger partial charge on any atom is 0.341 e. The summed E-state index contributed by atoms with van der Waals surface area (Å²) in [5, 5.41) is 0. The van der Waals surface area contributed by atoms with Crippen molar-refractivity contribution in [3.8, 4) is 5.75 Å². The molecule has 5 nitrogen and oxygen atoms in total. The summed E-state index contributed by atoms with van der Waals surface area (Å²) in [6, 6.07) is 11.7. The van der Waals surface area contributed by atoms with Crippen molar-refractivity contribution < 1.29 is 31.5 Å². The van der Waals surface area contributed by atoms with Crippen molar-refractivity contribution >= 4 is 15.8 Å². The lowest BCUT2D eigenvalue weighted by molar-refractivity contribution is 0.0450. The van der Waals surface area contributed by atoms with Gasteiger partial charge in [0.05, 0.1) is 10.5 Å². The smallest absolute Gasteiger partial charge is 0.341 e. The van der Waals surface area contributed by atoms with E-state index < -0.39 is 26.5 Å². The Morgan fingerprint density at radius 1 is 1.08 bits per heavy atom. The molecule has 0 aliphatic heterocycles. The highest BCUT2D eigenvalue weighted by Gasteiger charge is 2.26. The van der Waals surface area contributed by atoms with Gasteiger partial charge in [0.25, 0.3) is 0 Å². The Kier molecular flexibility index (Phi) is 6.68. The third-order valence-electron chi connectivity index (χ3n) is 3.55. The van der Waals surface area contributed by atoms with Crippen LogP contribution in [0, 0.1) is 0 Å². The topological polar surface area (TPSA) is 69.7 Å². The lowest BCUT2D eigenvalue weighted by Crippen LogP contribution is -2.14. The highest BCUT2D eigenvalue weighted by atomic mass is 32.2. The van der Waals surface area contributed by atoms with E-state index >= 15 is 0 Å². The predicted octanol–water partition coefficient (Wildman–Crippen LogP) is 3.48. The maximum atomic E-state index is 12.5. The molecule has 2 aromatic rings. The molecule has 0 amide bonds. The van der Waals surface area contributed by atoms with Gasteiger partial charge in [-0.05, 0) is 48.4 Å². The van der Waals surface area contributed by atoms with Gasteiger partial charge in [-0.3, -0.25) is 0 Å². The molecule has 140 valence electrons. The molecule has 0 saturated carbocycles. The third kappa shape index (κ3) is 5.01. The highest BCUT2D eigenvalue weighted by Crippen LogP contribution is 2.19. The number of carbonyl (C=O) groups is 1. The lowest BCUT2D eigenvalue weighted by Gasteiger charge is -2.09. The van der Waals surface area contributed by atoms with Crippen LogP contribution in [-0.4, -0.2) is 33.4 Å². The van der Waals surface area contributed by atoms with Crippen LogP contribution < -0.4 is 4.74 Å². The van der Waals surface area contributed by atoms with Crippen LogP contribution in [0.3, 0.4) is 0 Å². The van der Waals surface area contributed by atoms with Crippen LogP contribution in [0.15, 0.2) is 53.4 Å². The quantitative estimate of drug-likeness (QED) is 0.515. The number of benzene rings is 2. The summed E-state index contributed by atoms with van der Waals surface area (Å²) in [5.74, 6) is -3.54. The molecule has 0 aliphatic carbocycles. The van der Waals surface area contributed by atoms with Gasteiger partial charge in [-0.2, -0.15) is 8.78 Å². The van der Waals surface area contributed by atoms with Gasteiger partial charge in [-0.15, -0.1) is 0 Å². The molecule has 0 aliphatic rings. The molecule has 2 aromatic carbocycles. The zero-order chi connectivity index (χ0) is 19.2. The Bertz CT molecular complexity index is 848. The van der Waals surface area contributed by atoms with Crippen LogP contribution in [0.25, 0.3) is 0 Å². The van der Waals surface area contributed by atoms with Crippen molar-refractivity contribution in [2.24, 2.45) is 0 Å². The molecule has 0 aromatic heterocycles. The van der Waals surface area contributed by atoms with E-state index in [0.29, 0.717) is 5.75 Å². The second-order valence-corrected chi connectivity index (χ2v) is 7.23. The molecule has 0 N–H and O–H groups in total. The van der Waals surface area contributed by atoms with Gasteiger partial charge in [0.1, 0.15) is 19.0 Å². The number of hydrogen-bond acceptors (Lipinski definition) is 5. The van der Waals surface area contributed by atoms with E-state index in [2.05, 4.69) is 0 Å². The molecule has 0 atom stereocenters. The van der Waals surface area contributed by atoms with Crippen molar-refractivity contribution in [1.82, 2.24) is 0 Å². The largest absolute Gasteiger partial charge is 0.490 e. The fourth-order valence-electron chi connectivity index (χ4n) is 2.12. The summed E-state index contributed by atoms with van der Waals surface area (Å²) in [5.41, 5.74) is 1.18. The summed E-state index contributed by atoms with van der Waals surface area (Å²) < 4.78 is 58.1. The number of sulfone groups is 1. The number of ether oxygens (including phenoxy) is 2. The number of hydrogen-bond donors (Lipinski definition) is 0. The van der Waals surface area contributed by atoms with Crippen LogP contribution in [0.1, 0.15) is 22.8 Å². The fourth-order valence-corrected chi connectivity index (χ4v) is 2.84. The van der Waals surface area contributed by atoms with E-state index in [9.17, 15) is 22.0 Å². The first-order valence-electron chi connectivity index (χ1n) is 7.85. The molecule has 0 fully saturated rings. The normalized spacial score (nSPS) is 11.4. The molecule has 0 radical (unpaired) electrons. The minimum absolute atomic E-state index is 0.00767. The summed E-state index contributed by atoms with van der Waals surface area (Å²) in [6.45, 7) is 2.17. The highest BCUT2D eigenvalue weighted by molar-refractivity contribution is 7.91. The van der Waals surface area contributed by atoms with Crippen molar-refractivity contribution in [2.45, 2.75) is 24.0 Å². The molecular weight excluding hydrogens is 366 g/mol. The number of aryl methyl sites for hydroxylation is 1. The van der Waals surface area contributed by atoms with E-state index in [4.69, 9.17) is 9.47 Å². The van der Waals surface area contributed by atoms with Crippen molar-refractivity contribution in [1.29, 1.82) is 0 Å². The van der Waals surface area contributed by atoms with Gasteiger partial charge in [0.2, 0.25) is 9.84 Å². The first-order chi connectivity index (χ1) is 12.3. The van der Waals surface area contributed by atoms with Gasteiger partial charge in [-0.1, -0.05) is 19.1 Å². The van der Waals surface area contributed by atoms with Crippen molar-refractivity contribution in [2.75, 3.05) is 13.2 Å². The number of halogens is 2. The number of esters is 1. The van der Waals surface area contributed by atoms with E-state index in [1.54, 1.807) is 6.07 Å². The number of carbonyl (C=O) groups excluding carboxylic acids is 1. The lowest BCUT2D eigenvalue weighted by atomic mass is 10.2. The zero-order valence-electron chi connectivity index (χ0n) is 14.0. The molecular formula is C18H18F2O5S. The molecule has 8 heteroatoms. The van der Waals surface area contributed by atoms with Gasteiger partial charge in [0.15, 0.2) is 0 Å². The van der Waals surface area contributed by atoms with Crippen LogP contribution >= 0.6 is 0 Å². The molecule has 2 rings (SSSR count). The summed E-state index contributed by atoms with van der Waals surface area (Å²) in [7, 11) is -4.68. The summed E-state index contributed by atoms with van der Waals surface area (Å²) >= 11 is 0. The maximum absolute atomic E-state index is 12.5. The van der Waals surface area contributed by atoms with Gasteiger partial charge in [0, 0.05) is 0 Å². The Morgan fingerprint density at radius 3 is 2.38 bits per heavy atom. The second kappa shape index (κ2) is 8.75. The number of alkyl halides is 2. The predicted molar refractivity (Wildman–Crippen MR) is 91.2 cm³/mol. The Morgan fingerprint density at radius 2 is 1.77 bits per heavy atom. The van der Waals surface area contributed by atoms with Gasteiger partial charge >= 0.3 is 11.7 Å². The third-order valence-corrected chi connectivity index (χ3v) is 4.94. The molecule has 0 heterocycles. The van der Waals surface area contributed by atoms with Crippen LogP contribution in [0.4, 0.5) is 8.78 Å². The van der Waals surface area contributed by atoms with E-state index in [1.165, 1.54) is 0 Å². The fraction of sp³-hybridized carbons (Fsp3) is 0.278. The standard InChI is InChI=1S/C18H18F2O5S/c1-2-13-4-3-5-15(12-13)24-10-11-25-17(21)14-6-8-16(9-7-14)26(22,23)18(19)20/h3-9,12,18H,2,10-11H2,1H3. The van der Waals surface area contributed by atoms with E-state index in [1.807, 2.05) is 25.1 Å². The Balaban J connectivity index is 1.86. The van der Waals surface area contributed by atoms with Gasteiger partial charge < -0.3 is 9.47 Å². The minimum atomic E-state index is -4.68. The minimum Gasteiger partial charge on any atom is -0.490 e. The first-order valence-corrected chi connectivity index (χ1v) is 9.40. The second-order valence-electron chi connectivity index (χ2n) is 5.32. The average molecular weight is 384 g/mol. The summed E-state index contributed by atoms with van der Waals surface area (Å²) in [4.78, 5) is 11.3. The monoisotopic (exact) mass is 384 g/mol. The van der Waals surface area contributed by atoms with Crippen molar-refractivity contribution in [3.63, 3.8) is 0 Å². The molecule has 0 bridgehead atoms. The molecule has 0 unspecified atom stereocenters. The van der Waals surface area contributed by atoms with E-state index in [0.717, 1.165) is 36.2 Å². The van der Waals surface area contributed by atoms with Crippen LogP contribution in [-0.2, 0) is 21.0 Å². The molecule has 26 heavy (non-hydrogen) atoms. The SMILES string of the molecule is CCc1cccc(OCCOC(=O)c2ccc(S(=O)(=O)C(F)F)cc2)c1. The van der Waals surface area contributed by atoms with E-state index in [-0.39, 0.29) is 18.8 Å². The van der Waals surface area contributed by atoms with Crippen LogP contribution in [0.5, 0.6) is 5.75 Å². The molecule has 0 spiro atoms. The summed E-state index contributed by atoms with van der Waals surface area (Å²) in [6.07, 6.45) is 0.878. The zero-order valence-corrected chi connectivity index (χ0v) is 14.8. The average Bonchev–Trinajstić information content (AvgIpc) is 2.65. The molecule has 0 saturated heterocycles. The number of rotatable bonds is 8. The Hall–Kier alpha value is -2.48.